The molecule has 8 heteroatoms. The zero-order valence-electron chi connectivity index (χ0n) is 12.8. The molecule has 0 aromatic carbocycles. The molecule has 1 atom stereocenters. The number of nitrogens with two attached hydrogens (primary N) is 1. The number of nitrogens with zero attached hydrogens (tertiary/aromatic N) is 4. The lowest BCUT2D eigenvalue weighted by molar-refractivity contribution is 0.190. The number of fused-ring (bicyclic) bond motifs is 1. The molecule has 116 valence electrons. The smallest absolute Gasteiger partial charge is 0.332 e. The molecule has 0 fully saturated rings. The molecule has 0 aliphatic heterocycles. The topological polar surface area (TPSA) is 97.1 Å². The minimum absolute atomic E-state index is 0.324. The highest BCUT2D eigenvalue weighted by Gasteiger charge is 2.19. The first kappa shape index (κ1) is 15.5. The van der Waals surface area contributed by atoms with E-state index in [1.54, 1.807) is 25.6 Å². The van der Waals surface area contributed by atoms with Crippen LogP contribution in [0.15, 0.2) is 9.59 Å². The molecule has 0 spiro atoms. The lowest BCUT2D eigenvalue weighted by atomic mass is 10.3. The maximum atomic E-state index is 12.3. The molecule has 0 aliphatic carbocycles. The van der Waals surface area contributed by atoms with Crippen LogP contribution in [-0.4, -0.2) is 32.4 Å². The van der Waals surface area contributed by atoms with Gasteiger partial charge in [-0.1, -0.05) is 0 Å². The van der Waals surface area contributed by atoms with E-state index in [9.17, 15) is 9.59 Å². The van der Waals surface area contributed by atoms with Gasteiger partial charge < -0.3 is 15.0 Å². The van der Waals surface area contributed by atoms with E-state index in [0.29, 0.717) is 36.6 Å². The predicted molar refractivity (Wildman–Crippen MR) is 79.3 cm³/mol. The number of methoxy groups -OCH3 is 1. The molecule has 21 heavy (non-hydrogen) atoms. The van der Waals surface area contributed by atoms with Crippen LogP contribution in [0.5, 0.6) is 0 Å². The zero-order valence-corrected chi connectivity index (χ0v) is 12.8. The van der Waals surface area contributed by atoms with Gasteiger partial charge in [0.25, 0.3) is 5.56 Å². The van der Waals surface area contributed by atoms with Gasteiger partial charge >= 0.3 is 5.69 Å². The van der Waals surface area contributed by atoms with E-state index in [4.69, 9.17) is 10.5 Å². The third kappa shape index (κ3) is 2.52. The first-order valence-electron chi connectivity index (χ1n) is 6.80. The molecule has 8 nitrogen and oxygen atoms in total. The van der Waals surface area contributed by atoms with Crippen LogP contribution in [0.3, 0.4) is 0 Å². The SMILES string of the molecule is COCCCn1c(=O)n(C)c(=O)c2c1nc(C(C)N)n2C. The highest BCUT2D eigenvalue weighted by atomic mass is 16.5. The van der Waals surface area contributed by atoms with Crippen LogP contribution in [-0.2, 0) is 25.4 Å². The number of ether oxygens (including phenoxy) is 1. The first-order chi connectivity index (χ1) is 9.90. The van der Waals surface area contributed by atoms with E-state index in [1.165, 1.54) is 11.6 Å². The molecule has 2 rings (SSSR count). The molecule has 2 heterocycles. The zero-order chi connectivity index (χ0) is 15.7. The van der Waals surface area contributed by atoms with Crippen molar-refractivity contribution in [1.82, 2.24) is 18.7 Å². The number of rotatable bonds is 5. The Morgan fingerprint density at radius 2 is 1.95 bits per heavy atom. The lowest BCUT2D eigenvalue weighted by Crippen LogP contribution is -2.38. The van der Waals surface area contributed by atoms with Crippen molar-refractivity contribution < 1.29 is 4.74 Å². The fourth-order valence-electron chi connectivity index (χ4n) is 2.42. The molecule has 0 amide bonds. The van der Waals surface area contributed by atoms with Crippen molar-refractivity contribution in [3.05, 3.63) is 26.7 Å². The second-order valence-electron chi connectivity index (χ2n) is 5.13. The van der Waals surface area contributed by atoms with Crippen molar-refractivity contribution in [2.75, 3.05) is 13.7 Å². The summed E-state index contributed by atoms with van der Waals surface area (Å²) >= 11 is 0. The Bertz CT molecular complexity index is 769. The Kier molecular flexibility index (Phi) is 4.29. The van der Waals surface area contributed by atoms with Gasteiger partial charge in [-0.25, -0.2) is 9.78 Å². The average Bonchev–Trinajstić information content (AvgIpc) is 2.78. The minimum atomic E-state index is -0.377. The molecular formula is C13H21N5O3. The summed E-state index contributed by atoms with van der Waals surface area (Å²) in [5, 5.41) is 0. The average molecular weight is 295 g/mol. The van der Waals surface area contributed by atoms with Crippen LogP contribution >= 0.6 is 0 Å². The quantitative estimate of drug-likeness (QED) is 0.749. The number of aryl methyl sites for hydroxylation is 2. The first-order valence-corrected chi connectivity index (χ1v) is 6.80. The Hall–Kier alpha value is -1.93. The van der Waals surface area contributed by atoms with Gasteiger partial charge in [-0.15, -0.1) is 0 Å². The highest BCUT2D eigenvalue weighted by Crippen LogP contribution is 2.14. The summed E-state index contributed by atoms with van der Waals surface area (Å²) in [6.07, 6.45) is 0.661. The van der Waals surface area contributed by atoms with Crippen LogP contribution in [0.25, 0.3) is 11.2 Å². The summed E-state index contributed by atoms with van der Waals surface area (Å²) < 4.78 is 9.27. The van der Waals surface area contributed by atoms with Crippen LogP contribution < -0.4 is 17.0 Å². The molecule has 0 aliphatic rings. The van der Waals surface area contributed by atoms with Crippen molar-refractivity contribution in [2.45, 2.75) is 25.9 Å². The van der Waals surface area contributed by atoms with Crippen LogP contribution in [0.2, 0.25) is 0 Å². The third-order valence-electron chi connectivity index (χ3n) is 3.53. The van der Waals surface area contributed by atoms with Crippen molar-refractivity contribution >= 4 is 11.2 Å². The van der Waals surface area contributed by atoms with Crippen LogP contribution in [0, 0.1) is 0 Å². The Morgan fingerprint density at radius 3 is 2.52 bits per heavy atom. The third-order valence-corrected chi connectivity index (χ3v) is 3.53. The molecule has 0 saturated carbocycles. The summed E-state index contributed by atoms with van der Waals surface area (Å²) in [5.74, 6) is 0.577. The molecule has 1 unspecified atom stereocenters. The normalized spacial score (nSPS) is 13.0. The second kappa shape index (κ2) is 5.82. The number of imidazole rings is 1. The maximum absolute atomic E-state index is 12.3. The molecule has 0 radical (unpaired) electrons. The van der Waals surface area contributed by atoms with E-state index in [2.05, 4.69) is 4.98 Å². The molecule has 0 saturated heterocycles. The van der Waals surface area contributed by atoms with Gasteiger partial charge in [0.05, 0.1) is 6.04 Å². The summed E-state index contributed by atoms with van der Waals surface area (Å²) in [6, 6.07) is -0.324. The largest absolute Gasteiger partial charge is 0.385 e. The predicted octanol–water partition coefficient (Wildman–Crippen LogP) is -0.510. The number of hydrogen-bond acceptors (Lipinski definition) is 5. The van der Waals surface area contributed by atoms with E-state index in [-0.39, 0.29) is 17.3 Å². The van der Waals surface area contributed by atoms with Crippen LogP contribution in [0.1, 0.15) is 25.2 Å². The monoisotopic (exact) mass is 295 g/mol. The van der Waals surface area contributed by atoms with Crippen LogP contribution in [0.4, 0.5) is 0 Å². The fourth-order valence-corrected chi connectivity index (χ4v) is 2.42. The Labute approximate surface area is 121 Å². The number of hydrogen-bond donors (Lipinski definition) is 1. The van der Waals surface area contributed by atoms with Gasteiger partial charge in [0.2, 0.25) is 0 Å². The van der Waals surface area contributed by atoms with E-state index < -0.39 is 0 Å². The van der Waals surface area contributed by atoms with Gasteiger partial charge in [-0.3, -0.25) is 13.9 Å². The summed E-state index contributed by atoms with van der Waals surface area (Å²) in [7, 11) is 4.81. The van der Waals surface area contributed by atoms with Gasteiger partial charge in [-0.2, -0.15) is 0 Å². The fraction of sp³-hybridized carbons (Fsp3) is 0.615. The van der Waals surface area contributed by atoms with Crippen molar-refractivity contribution in [3.8, 4) is 0 Å². The molecule has 0 bridgehead atoms. The second-order valence-corrected chi connectivity index (χ2v) is 5.13. The summed E-state index contributed by atoms with van der Waals surface area (Å²) in [6.45, 7) is 2.76. The minimum Gasteiger partial charge on any atom is -0.385 e. The van der Waals surface area contributed by atoms with E-state index >= 15 is 0 Å². The highest BCUT2D eigenvalue weighted by molar-refractivity contribution is 5.71. The summed E-state index contributed by atoms with van der Waals surface area (Å²) in [4.78, 5) is 29.0. The van der Waals surface area contributed by atoms with Gasteiger partial charge in [0.15, 0.2) is 11.2 Å². The van der Waals surface area contributed by atoms with Gasteiger partial charge in [-0.05, 0) is 13.3 Å². The van der Waals surface area contributed by atoms with Crippen molar-refractivity contribution in [1.29, 1.82) is 0 Å². The number of aromatic nitrogens is 4. The van der Waals surface area contributed by atoms with Gasteiger partial charge in [0, 0.05) is 34.4 Å². The van der Waals surface area contributed by atoms with Crippen molar-refractivity contribution in [3.63, 3.8) is 0 Å². The Morgan fingerprint density at radius 1 is 1.29 bits per heavy atom. The molecule has 2 N–H and O–H groups in total. The van der Waals surface area contributed by atoms with E-state index in [0.717, 1.165) is 4.57 Å². The molecule has 2 aromatic heterocycles. The van der Waals surface area contributed by atoms with E-state index in [1.807, 2.05) is 0 Å². The van der Waals surface area contributed by atoms with Crippen molar-refractivity contribution in [2.24, 2.45) is 19.8 Å². The maximum Gasteiger partial charge on any atom is 0.332 e. The molecular weight excluding hydrogens is 274 g/mol. The standard InChI is InChI=1S/C13H21N5O3/c1-8(14)10-15-11-9(16(10)2)12(19)17(3)13(20)18(11)6-5-7-21-4/h8H,5-7,14H2,1-4H3. The lowest BCUT2D eigenvalue weighted by Gasteiger charge is -2.08. The Balaban J connectivity index is 2.75. The molecule has 2 aromatic rings. The summed E-state index contributed by atoms with van der Waals surface area (Å²) in [5.41, 5.74) is 5.91. The van der Waals surface area contributed by atoms with Gasteiger partial charge in [0.1, 0.15) is 5.82 Å².